The summed E-state index contributed by atoms with van der Waals surface area (Å²) in [4.78, 5) is 13.3. The first kappa shape index (κ1) is 14.4. The van der Waals surface area contributed by atoms with E-state index in [2.05, 4.69) is 31.0 Å². The lowest BCUT2D eigenvalue weighted by molar-refractivity contribution is 0.112. The molecule has 114 valence electrons. The fourth-order valence-electron chi connectivity index (χ4n) is 3.90. The van der Waals surface area contributed by atoms with Gasteiger partial charge in [0.05, 0.1) is 11.1 Å². The fourth-order valence-corrected chi connectivity index (χ4v) is 3.90. The van der Waals surface area contributed by atoms with Crippen LogP contribution in [0.4, 0.5) is 5.69 Å². The number of aldehydes is 1. The van der Waals surface area contributed by atoms with Crippen LogP contribution >= 0.6 is 0 Å². The van der Waals surface area contributed by atoms with E-state index in [1.54, 1.807) is 12.1 Å². The first-order chi connectivity index (χ1) is 9.88. The lowest BCUT2D eigenvalue weighted by Gasteiger charge is -2.41. The van der Waals surface area contributed by atoms with Crippen molar-refractivity contribution in [2.24, 2.45) is 11.3 Å². The first-order valence-corrected chi connectivity index (χ1v) is 7.65. The molecule has 0 amide bonds. The van der Waals surface area contributed by atoms with Crippen LogP contribution in [0.25, 0.3) is 0 Å². The minimum Gasteiger partial charge on any atom is -0.507 e. The normalized spacial score (nSPS) is 28.7. The molecule has 1 aromatic rings. The SMILES string of the molecule is CC(C)(C)C1CC12CNCCN2c1ccc(C=O)c(O)c1. The molecule has 4 nitrogen and oxygen atoms in total. The molecule has 0 radical (unpaired) electrons. The average molecular weight is 288 g/mol. The smallest absolute Gasteiger partial charge is 0.153 e. The molecule has 0 bridgehead atoms. The van der Waals surface area contributed by atoms with Crippen molar-refractivity contribution in [3.63, 3.8) is 0 Å². The Labute approximate surface area is 126 Å². The maximum absolute atomic E-state index is 10.9. The van der Waals surface area contributed by atoms with Crippen LogP contribution in [0.1, 0.15) is 37.6 Å². The van der Waals surface area contributed by atoms with Crippen LogP contribution in [0.3, 0.4) is 0 Å². The molecule has 0 aromatic heterocycles. The summed E-state index contributed by atoms with van der Waals surface area (Å²) in [5.74, 6) is 0.717. The Morgan fingerprint density at radius 1 is 1.43 bits per heavy atom. The largest absolute Gasteiger partial charge is 0.507 e. The summed E-state index contributed by atoms with van der Waals surface area (Å²) in [6.45, 7) is 9.77. The predicted octanol–water partition coefficient (Wildman–Crippen LogP) is 2.42. The summed E-state index contributed by atoms with van der Waals surface area (Å²) in [6.07, 6.45) is 1.88. The molecule has 1 saturated carbocycles. The van der Waals surface area contributed by atoms with Crippen molar-refractivity contribution in [3.8, 4) is 5.75 Å². The first-order valence-electron chi connectivity index (χ1n) is 7.65. The minimum atomic E-state index is 0.0733. The van der Waals surface area contributed by atoms with Gasteiger partial charge in [-0.25, -0.2) is 0 Å². The van der Waals surface area contributed by atoms with E-state index < -0.39 is 0 Å². The zero-order chi connectivity index (χ0) is 15.3. The van der Waals surface area contributed by atoms with Crippen LogP contribution in [0.2, 0.25) is 0 Å². The Kier molecular flexibility index (Phi) is 3.24. The molecule has 21 heavy (non-hydrogen) atoms. The summed E-state index contributed by atoms with van der Waals surface area (Å²) in [6, 6.07) is 5.39. The van der Waals surface area contributed by atoms with E-state index in [1.165, 1.54) is 6.42 Å². The quantitative estimate of drug-likeness (QED) is 0.821. The van der Waals surface area contributed by atoms with Crippen LogP contribution < -0.4 is 10.2 Å². The van der Waals surface area contributed by atoms with Gasteiger partial charge in [0, 0.05) is 31.4 Å². The third kappa shape index (κ3) is 2.31. The molecular weight excluding hydrogens is 264 g/mol. The molecule has 2 atom stereocenters. The highest BCUT2D eigenvalue weighted by Crippen LogP contribution is 2.58. The summed E-state index contributed by atoms with van der Waals surface area (Å²) < 4.78 is 0. The van der Waals surface area contributed by atoms with E-state index in [4.69, 9.17) is 0 Å². The molecule has 2 aliphatic rings. The van der Waals surface area contributed by atoms with Gasteiger partial charge in [0.25, 0.3) is 0 Å². The molecule has 1 aliphatic heterocycles. The molecule has 2 fully saturated rings. The topological polar surface area (TPSA) is 52.6 Å². The standard InChI is InChI=1S/C17H24N2O2/c1-16(2,3)15-9-17(15)11-18-6-7-19(17)13-5-4-12(10-20)14(21)8-13/h4-5,8,10,15,18,21H,6-7,9,11H2,1-3H3. The summed E-state index contributed by atoms with van der Waals surface area (Å²) in [7, 11) is 0. The Morgan fingerprint density at radius 3 is 2.76 bits per heavy atom. The lowest BCUT2D eigenvalue weighted by Crippen LogP contribution is -2.55. The number of aromatic hydroxyl groups is 1. The van der Waals surface area contributed by atoms with Gasteiger partial charge in [-0.1, -0.05) is 20.8 Å². The van der Waals surface area contributed by atoms with Crippen LogP contribution in [0, 0.1) is 11.3 Å². The summed E-state index contributed by atoms with van der Waals surface area (Å²) >= 11 is 0. The van der Waals surface area contributed by atoms with Crippen LogP contribution in [0.15, 0.2) is 18.2 Å². The highest BCUT2D eigenvalue weighted by atomic mass is 16.3. The van der Waals surface area contributed by atoms with Crippen molar-refractivity contribution < 1.29 is 9.90 Å². The van der Waals surface area contributed by atoms with Gasteiger partial charge in [-0.3, -0.25) is 4.79 Å². The van der Waals surface area contributed by atoms with Crippen LogP contribution in [0.5, 0.6) is 5.75 Å². The van der Waals surface area contributed by atoms with Gasteiger partial charge in [0.2, 0.25) is 0 Å². The van der Waals surface area contributed by atoms with Crippen LogP contribution in [-0.2, 0) is 0 Å². The third-order valence-corrected chi connectivity index (χ3v) is 5.03. The van der Waals surface area contributed by atoms with E-state index in [-0.39, 0.29) is 16.7 Å². The molecule has 4 heteroatoms. The monoisotopic (exact) mass is 288 g/mol. The molecule has 1 heterocycles. The van der Waals surface area contributed by atoms with Gasteiger partial charge in [-0.15, -0.1) is 0 Å². The van der Waals surface area contributed by atoms with Crippen molar-refractivity contribution in [1.29, 1.82) is 0 Å². The van der Waals surface area contributed by atoms with E-state index >= 15 is 0 Å². The number of benzene rings is 1. The number of phenolic OH excluding ortho intramolecular Hbond substituents is 1. The van der Waals surface area contributed by atoms with Gasteiger partial charge in [-0.05, 0) is 29.9 Å². The highest BCUT2D eigenvalue weighted by Gasteiger charge is 2.62. The molecule has 3 rings (SSSR count). The number of hydrogen-bond acceptors (Lipinski definition) is 4. The van der Waals surface area contributed by atoms with Crippen molar-refractivity contribution in [3.05, 3.63) is 23.8 Å². The van der Waals surface area contributed by atoms with E-state index in [0.717, 1.165) is 25.3 Å². The highest BCUT2D eigenvalue weighted by molar-refractivity contribution is 5.80. The number of piperazine rings is 1. The number of hydrogen-bond donors (Lipinski definition) is 2. The number of rotatable bonds is 2. The molecule has 2 N–H and O–H groups in total. The van der Waals surface area contributed by atoms with E-state index in [0.29, 0.717) is 17.8 Å². The van der Waals surface area contributed by atoms with Crippen molar-refractivity contribution >= 4 is 12.0 Å². The maximum atomic E-state index is 10.9. The number of carbonyl (C=O) groups is 1. The van der Waals surface area contributed by atoms with Gasteiger partial charge in [0.15, 0.2) is 6.29 Å². The van der Waals surface area contributed by atoms with Crippen molar-refractivity contribution in [2.75, 3.05) is 24.5 Å². The Bertz CT molecular complexity index is 564. The Hall–Kier alpha value is -1.55. The zero-order valence-corrected chi connectivity index (χ0v) is 13.0. The second kappa shape index (κ2) is 4.73. The Balaban J connectivity index is 1.93. The van der Waals surface area contributed by atoms with E-state index in [1.807, 2.05) is 6.07 Å². The summed E-state index contributed by atoms with van der Waals surface area (Å²) in [5, 5.41) is 13.5. The molecule has 1 saturated heterocycles. The van der Waals surface area contributed by atoms with Gasteiger partial charge in [0.1, 0.15) is 5.75 Å². The van der Waals surface area contributed by atoms with Crippen molar-refractivity contribution in [2.45, 2.75) is 32.7 Å². The molecule has 1 aromatic carbocycles. The zero-order valence-electron chi connectivity index (χ0n) is 13.0. The van der Waals surface area contributed by atoms with E-state index in [9.17, 15) is 9.90 Å². The average Bonchev–Trinajstić information content (AvgIpc) is 3.14. The number of nitrogens with one attached hydrogen (secondary N) is 1. The number of anilines is 1. The lowest BCUT2D eigenvalue weighted by atomic mass is 9.86. The minimum absolute atomic E-state index is 0.0733. The van der Waals surface area contributed by atoms with Gasteiger partial charge < -0.3 is 15.3 Å². The second-order valence-corrected chi connectivity index (χ2v) is 7.42. The number of nitrogens with zero attached hydrogens (tertiary/aromatic N) is 1. The molecule has 1 spiro atoms. The van der Waals surface area contributed by atoms with Crippen molar-refractivity contribution in [1.82, 2.24) is 5.32 Å². The second-order valence-electron chi connectivity index (χ2n) is 7.42. The summed E-state index contributed by atoms with van der Waals surface area (Å²) in [5.41, 5.74) is 1.81. The van der Waals surface area contributed by atoms with Gasteiger partial charge in [-0.2, -0.15) is 0 Å². The number of carbonyl (C=O) groups excluding carboxylic acids is 1. The third-order valence-electron chi connectivity index (χ3n) is 5.03. The predicted molar refractivity (Wildman–Crippen MR) is 84.0 cm³/mol. The van der Waals surface area contributed by atoms with Gasteiger partial charge >= 0.3 is 0 Å². The van der Waals surface area contributed by atoms with Crippen LogP contribution in [-0.4, -0.2) is 36.6 Å². The molecule has 2 unspecified atom stereocenters. The molecular formula is C17H24N2O2. The molecule has 1 aliphatic carbocycles. The maximum Gasteiger partial charge on any atom is 0.153 e. The number of phenols is 1. The Morgan fingerprint density at radius 2 is 2.19 bits per heavy atom. The fraction of sp³-hybridized carbons (Fsp3) is 0.588.